The van der Waals surface area contributed by atoms with Crippen molar-refractivity contribution in [2.75, 3.05) is 0 Å². The zero-order valence-electron chi connectivity index (χ0n) is 11.7. The summed E-state index contributed by atoms with van der Waals surface area (Å²) in [6, 6.07) is 8.36. The zero-order valence-corrected chi connectivity index (χ0v) is 11.7. The van der Waals surface area contributed by atoms with Gasteiger partial charge >= 0.3 is 5.97 Å². The first-order valence-corrected chi connectivity index (χ1v) is 6.87. The molecule has 0 aliphatic rings. The number of allylic oxidation sites excluding steroid dienone is 1. The average Bonchev–Trinajstić information content (AvgIpc) is 2.44. The molecule has 1 atom stereocenters. The van der Waals surface area contributed by atoms with Gasteiger partial charge in [0.2, 0.25) is 5.91 Å². The summed E-state index contributed by atoms with van der Waals surface area (Å²) in [5.41, 5.74) is 0.884. The molecule has 1 rings (SSSR count). The third-order valence-electron chi connectivity index (χ3n) is 2.89. The fourth-order valence-electron chi connectivity index (χ4n) is 1.78. The van der Waals surface area contributed by atoms with E-state index in [-0.39, 0.29) is 12.3 Å². The molecular formula is C16H21NO3. The number of carbonyl (C=O) groups excluding carboxylic acids is 1. The van der Waals surface area contributed by atoms with E-state index in [9.17, 15) is 9.59 Å². The Labute approximate surface area is 119 Å². The maximum Gasteiger partial charge on any atom is 0.326 e. The normalized spacial score (nSPS) is 12.2. The number of amides is 1. The highest BCUT2D eigenvalue weighted by atomic mass is 16.4. The van der Waals surface area contributed by atoms with Crippen LogP contribution < -0.4 is 5.32 Å². The molecule has 108 valence electrons. The highest BCUT2D eigenvalue weighted by Gasteiger charge is 2.19. The third-order valence-corrected chi connectivity index (χ3v) is 2.89. The van der Waals surface area contributed by atoms with Crippen molar-refractivity contribution in [1.82, 2.24) is 5.32 Å². The Bertz CT molecular complexity index is 454. The van der Waals surface area contributed by atoms with Gasteiger partial charge in [-0.05, 0) is 18.1 Å². The Morgan fingerprint density at radius 1 is 1.30 bits per heavy atom. The molecule has 2 N–H and O–H groups in total. The monoisotopic (exact) mass is 275 g/mol. The van der Waals surface area contributed by atoms with Gasteiger partial charge in [-0.15, -0.1) is 0 Å². The van der Waals surface area contributed by atoms with Crippen molar-refractivity contribution in [2.45, 2.75) is 38.6 Å². The van der Waals surface area contributed by atoms with Crippen LogP contribution in [0.2, 0.25) is 0 Å². The topological polar surface area (TPSA) is 66.4 Å². The summed E-state index contributed by atoms with van der Waals surface area (Å²) in [5.74, 6) is -1.38. The fourth-order valence-corrected chi connectivity index (χ4v) is 1.78. The lowest BCUT2D eigenvalue weighted by Crippen LogP contribution is -2.41. The summed E-state index contributed by atoms with van der Waals surface area (Å²) in [4.78, 5) is 22.8. The molecule has 0 bridgehead atoms. The third kappa shape index (κ3) is 6.18. The molecule has 0 saturated heterocycles. The fraction of sp³-hybridized carbons (Fsp3) is 0.375. The van der Waals surface area contributed by atoms with Crippen LogP contribution in [0, 0.1) is 0 Å². The van der Waals surface area contributed by atoms with Gasteiger partial charge < -0.3 is 10.4 Å². The highest BCUT2D eigenvalue weighted by molar-refractivity contribution is 5.91. The SMILES string of the molecule is CCCCC=CC(=O)N[C@@H](Cc1ccccc1)C(=O)O. The summed E-state index contributed by atoms with van der Waals surface area (Å²) >= 11 is 0. The van der Waals surface area contributed by atoms with Crippen molar-refractivity contribution in [3.05, 3.63) is 48.0 Å². The van der Waals surface area contributed by atoms with Crippen LogP contribution >= 0.6 is 0 Å². The lowest BCUT2D eigenvalue weighted by molar-refractivity contribution is -0.141. The van der Waals surface area contributed by atoms with Crippen LogP contribution in [0.1, 0.15) is 31.7 Å². The van der Waals surface area contributed by atoms with E-state index in [1.165, 1.54) is 6.08 Å². The molecule has 0 fully saturated rings. The van der Waals surface area contributed by atoms with E-state index < -0.39 is 12.0 Å². The molecule has 0 heterocycles. The van der Waals surface area contributed by atoms with Gasteiger partial charge in [-0.3, -0.25) is 4.79 Å². The number of hydrogen-bond acceptors (Lipinski definition) is 2. The Balaban J connectivity index is 2.53. The minimum absolute atomic E-state index is 0.282. The number of benzene rings is 1. The van der Waals surface area contributed by atoms with E-state index >= 15 is 0 Å². The summed E-state index contributed by atoms with van der Waals surface area (Å²) in [7, 11) is 0. The molecule has 0 unspecified atom stereocenters. The van der Waals surface area contributed by atoms with Crippen molar-refractivity contribution in [1.29, 1.82) is 0 Å². The number of hydrogen-bond donors (Lipinski definition) is 2. The number of aliphatic carboxylic acids is 1. The molecule has 0 radical (unpaired) electrons. The molecule has 0 aliphatic carbocycles. The Morgan fingerprint density at radius 2 is 2.00 bits per heavy atom. The van der Waals surface area contributed by atoms with Gasteiger partial charge in [0.25, 0.3) is 0 Å². The van der Waals surface area contributed by atoms with Crippen LogP contribution in [0.25, 0.3) is 0 Å². The van der Waals surface area contributed by atoms with Crippen molar-refractivity contribution in [2.24, 2.45) is 0 Å². The van der Waals surface area contributed by atoms with Gasteiger partial charge in [0.15, 0.2) is 0 Å². The van der Waals surface area contributed by atoms with Gasteiger partial charge in [-0.2, -0.15) is 0 Å². The van der Waals surface area contributed by atoms with E-state index in [1.807, 2.05) is 30.3 Å². The Kier molecular flexibility index (Phi) is 7.11. The predicted molar refractivity (Wildman–Crippen MR) is 78.4 cm³/mol. The van der Waals surface area contributed by atoms with Gasteiger partial charge in [-0.25, -0.2) is 4.79 Å². The lowest BCUT2D eigenvalue weighted by atomic mass is 10.1. The maximum absolute atomic E-state index is 11.7. The Hall–Kier alpha value is -2.10. The minimum atomic E-state index is -1.02. The molecule has 0 saturated carbocycles. The number of carboxylic acids is 1. The molecule has 4 heteroatoms. The molecular weight excluding hydrogens is 254 g/mol. The quantitative estimate of drug-likeness (QED) is 0.566. The van der Waals surface area contributed by atoms with E-state index in [1.54, 1.807) is 6.08 Å². The molecule has 1 amide bonds. The molecule has 1 aromatic rings. The maximum atomic E-state index is 11.7. The van der Waals surface area contributed by atoms with Gasteiger partial charge in [0.1, 0.15) is 6.04 Å². The summed E-state index contributed by atoms with van der Waals surface area (Å²) in [6.45, 7) is 2.08. The van der Waals surface area contributed by atoms with E-state index in [0.717, 1.165) is 24.8 Å². The van der Waals surface area contributed by atoms with E-state index in [2.05, 4.69) is 12.2 Å². The van der Waals surface area contributed by atoms with Crippen molar-refractivity contribution >= 4 is 11.9 Å². The van der Waals surface area contributed by atoms with Gasteiger partial charge in [-0.1, -0.05) is 56.2 Å². The van der Waals surface area contributed by atoms with Crippen LogP contribution in [-0.2, 0) is 16.0 Å². The van der Waals surface area contributed by atoms with Crippen LogP contribution in [0.15, 0.2) is 42.5 Å². The van der Waals surface area contributed by atoms with Crippen LogP contribution in [-0.4, -0.2) is 23.0 Å². The van der Waals surface area contributed by atoms with Crippen LogP contribution in [0.3, 0.4) is 0 Å². The van der Waals surface area contributed by atoms with Crippen molar-refractivity contribution < 1.29 is 14.7 Å². The standard InChI is InChI=1S/C16H21NO3/c1-2-3-4-8-11-15(18)17-14(16(19)20)12-13-9-6-5-7-10-13/h5-11,14H,2-4,12H2,1H3,(H,17,18)(H,19,20)/t14-/m0/s1. The first-order valence-electron chi connectivity index (χ1n) is 6.87. The van der Waals surface area contributed by atoms with Crippen molar-refractivity contribution in [3.63, 3.8) is 0 Å². The number of carboxylic acid groups (broad SMARTS) is 1. The first kappa shape index (κ1) is 16.0. The van der Waals surface area contributed by atoms with Gasteiger partial charge in [0.05, 0.1) is 0 Å². The first-order chi connectivity index (χ1) is 9.63. The second-order valence-corrected chi connectivity index (χ2v) is 4.63. The Morgan fingerprint density at radius 3 is 2.60 bits per heavy atom. The predicted octanol–water partition coefficient (Wildman–Crippen LogP) is 2.54. The minimum Gasteiger partial charge on any atom is -0.480 e. The molecule has 0 aromatic heterocycles. The summed E-state index contributed by atoms with van der Waals surface area (Å²) in [6.07, 6.45) is 6.40. The molecule has 0 aliphatic heterocycles. The zero-order chi connectivity index (χ0) is 14.8. The van der Waals surface area contributed by atoms with Crippen LogP contribution in [0.4, 0.5) is 0 Å². The lowest BCUT2D eigenvalue weighted by Gasteiger charge is -2.13. The summed E-state index contributed by atoms with van der Waals surface area (Å²) < 4.78 is 0. The number of rotatable bonds is 8. The molecule has 1 aromatic carbocycles. The number of nitrogens with one attached hydrogen (secondary N) is 1. The smallest absolute Gasteiger partial charge is 0.326 e. The highest BCUT2D eigenvalue weighted by Crippen LogP contribution is 2.03. The number of unbranched alkanes of at least 4 members (excludes halogenated alkanes) is 2. The average molecular weight is 275 g/mol. The second-order valence-electron chi connectivity index (χ2n) is 4.63. The van der Waals surface area contributed by atoms with Crippen molar-refractivity contribution in [3.8, 4) is 0 Å². The van der Waals surface area contributed by atoms with E-state index in [4.69, 9.17) is 5.11 Å². The largest absolute Gasteiger partial charge is 0.480 e. The van der Waals surface area contributed by atoms with Crippen LogP contribution in [0.5, 0.6) is 0 Å². The molecule has 0 spiro atoms. The summed E-state index contributed by atoms with van der Waals surface area (Å²) in [5, 5.41) is 11.7. The molecule has 20 heavy (non-hydrogen) atoms. The second kappa shape index (κ2) is 8.91. The molecule has 4 nitrogen and oxygen atoms in total. The number of carbonyl (C=O) groups is 2. The van der Waals surface area contributed by atoms with Gasteiger partial charge in [0, 0.05) is 6.42 Å². The van der Waals surface area contributed by atoms with E-state index in [0.29, 0.717) is 0 Å².